The Morgan fingerprint density at radius 1 is 1.18 bits per heavy atom. The van der Waals surface area contributed by atoms with E-state index in [1.807, 2.05) is 6.92 Å². The number of ether oxygens (including phenoxy) is 1. The largest absolute Gasteiger partial charge is 0.466 e. The molecule has 0 aliphatic rings. The van der Waals surface area contributed by atoms with Gasteiger partial charge in [0.1, 0.15) is 0 Å². The van der Waals surface area contributed by atoms with E-state index in [1.165, 1.54) is 12.1 Å². The Balaban J connectivity index is 3.01. The first-order chi connectivity index (χ1) is 10.4. The van der Waals surface area contributed by atoms with E-state index in [-0.39, 0.29) is 18.6 Å². The molecule has 0 aliphatic heterocycles. The Kier molecular flexibility index (Phi) is 7.42. The summed E-state index contributed by atoms with van der Waals surface area (Å²) in [5, 5.41) is 0. The van der Waals surface area contributed by atoms with Gasteiger partial charge in [-0.3, -0.25) is 4.79 Å². The second-order valence-electron chi connectivity index (χ2n) is 5.29. The molecule has 0 amide bonds. The molecule has 0 saturated carbocycles. The first kappa shape index (κ1) is 18.5. The highest BCUT2D eigenvalue weighted by atomic mass is 19.4. The Bertz CT molecular complexity index is 469. The summed E-state index contributed by atoms with van der Waals surface area (Å²) in [6.45, 7) is 3.96. The number of carbonyl (C=O) groups excluding carboxylic acids is 1. The summed E-state index contributed by atoms with van der Waals surface area (Å²) >= 11 is 0. The average molecular weight is 316 g/mol. The van der Waals surface area contributed by atoms with E-state index >= 15 is 0 Å². The number of hydrogen-bond acceptors (Lipinski definition) is 2. The standard InChI is InChI=1S/C17H23F3O2/c1-3-5-6-9-13(12-16(21)22-4-2)14-10-7-8-11-15(14)17(18,19)20/h7-8,10-11,13H,3-6,9,12H2,1-2H3. The Morgan fingerprint density at radius 2 is 1.86 bits per heavy atom. The molecule has 0 heterocycles. The van der Waals surface area contributed by atoms with Crippen molar-refractivity contribution < 1.29 is 22.7 Å². The van der Waals surface area contributed by atoms with E-state index in [9.17, 15) is 18.0 Å². The van der Waals surface area contributed by atoms with E-state index < -0.39 is 23.6 Å². The Morgan fingerprint density at radius 3 is 2.45 bits per heavy atom. The summed E-state index contributed by atoms with van der Waals surface area (Å²) in [5.41, 5.74) is -0.458. The molecule has 1 aromatic rings. The molecule has 0 aliphatic carbocycles. The number of carbonyl (C=O) groups is 1. The zero-order chi connectivity index (χ0) is 16.6. The summed E-state index contributed by atoms with van der Waals surface area (Å²) < 4.78 is 44.4. The quantitative estimate of drug-likeness (QED) is 0.479. The summed E-state index contributed by atoms with van der Waals surface area (Å²) in [7, 11) is 0. The fraction of sp³-hybridized carbons (Fsp3) is 0.588. The van der Waals surface area contributed by atoms with Crippen molar-refractivity contribution in [3.63, 3.8) is 0 Å². The third-order valence-corrected chi connectivity index (χ3v) is 3.58. The first-order valence-corrected chi connectivity index (χ1v) is 7.71. The second-order valence-corrected chi connectivity index (χ2v) is 5.29. The zero-order valence-electron chi connectivity index (χ0n) is 13.1. The minimum Gasteiger partial charge on any atom is -0.466 e. The van der Waals surface area contributed by atoms with Gasteiger partial charge in [-0.25, -0.2) is 0 Å². The lowest BCUT2D eigenvalue weighted by molar-refractivity contribution is -0.144. The van der Waals surface area contributed by atoms with Crippen LogP contribution in [0.1, 0.15) is 63.0 Å². The number of halogens is 3. The first-order valence-electron chi connectivity index (χ1n) is 7.71. The fourth-order valence-electron chi connectivity index (χ4n) is 2.54. The molecule has 0 N–H and O–H groups in total. The van der Waals surface area contributed by atoms with Gasteiger partial charge >= 0.3 is 12.1 Å². The molecule has 1 atom stereocenters. The van der Waals surface area contributed by atoms with Gasteiger partial charge in [0.15, 0.2) is 0 Å². The highest BCUT2D eigenvalue weighted by Gasteiger charge is 2.35. The van der Waals surface area contributed by atoms with Gasteiger partial charge in [-0.15, -0.1) is 0 Å². The van der Waals surface area contributed by atoms with Crippen LogP contribution in [0.4, 0.5) is 13.2 Å². The molecule has 1 aromatic carbocycles. The van der Waals surface area contributed by atoms with Crippen molar-refractivity contribution >= 4 is 5.97 Å². The third kappa shape index (κ3) is 5.70. The molecule has 1 rings (SSSR count). The van der Waals surface area contributed by atoms with Crippen LogP contribution in [0, 0.1) is 0 Å². The maximum atomic E-state index is 13.2. The Hall–Kier alpha value is -1.52. The predicted molar refractivity (Wildman–Crippen MR) is 79.6 cm³/mol. The van der Waals surface area contributed by atoms with Crippen LogP contribution in [-0.2, 0) is 15.7 Å². The second kappa shape index (κ2) is 8.81. The summed E-state index contributed by atoms with van der Waals surface area (Å²) in [6, 6.07) is 5.51. The molecule has 0 saturated heterocycles. The van der Waals surface area contributed by atoms with Crippen LogP contribution in [-0.4, -0.2) is 12.6 Å². The number of alkyl halides is 3. The van der Waals surface area contributed by atoms with Gasteiger partial charge in [0, 0.05) is 0 Å². The van der Waals surface area contributed by atoms with Crippen LogP contribution in [0.15, 0.2) is 24.3 Å². The number of hydrogen-bond donors (Lipinski definition) is 0. The highest BCUT2D eigenvalue weighted by Crippen LogP contribution is 2.38. The monoisotopic (exact) mass is 316 g/mol. The van der Waals surface area contributed by atoms with Crippen LogP contribution in [0.25, 0.3) is 0 Å². The minimum atomic E-state index is -4.41. The van der Waals surface area contributed by atoms with Crippen LogP contribution in [0.3, 0.4) is 0 Å². The van der Waals surface area contributed by atoms with Gasteiger partial charge in [-0.1, -0.05) is 44.4 Å². The van der Waals surface area contributed by atoms with Crippen molar-refractivity contribution in [3.8, 4) is 0 Å². The molecule has 0 bridgehead atoms. The lowest BCUT2D eigenvalue weighted by Gasteiger charge is -2.21. The van der Waals surface area contributed by atoms with Crippen LogP contribution in [0.5, 0.6) is 0 Å². The number of benzene rings is 1. The molecule has 1 unspecified atom stereocenters. The molecule has 0 spiro atoms. The SMILES string of the molecule is CCCCCC(CC(=O)OCC)c1ccccc1C(F)(F)F. The number of rotatable bonds is 8. The normalized spacial score (nSPS) is 13.0. The van der Waals surface area contributed by atoms with Crippen LogP contribution >= 0.6 is 0 Å². The lowest BCUT2D eigenvalue weighted by atomic mass is 9.87. The average Bonchev–Trinajstić information content (AvgIpc) is 2.46. The zero-order valence-corrected chi connectivity index (χ0v) is 13.1. The molecule has 22 heavy (non-hydrogen) atoms. The van der Waals surface area contributed by atoms with E-state index in [0.29, 0.717) is 6.42 Å². The van der Waals surface area contributed by atoms with Gasteiger partial charge in [0.25, 0.3) is 0 Å². The topological polar surface area (TPSA) is 26.3 Å². The summed E-state index contributed by atoms with van der Waals surface area (Å²) in [6.07, 6.45) is -1.15. The maximum Gasteiger partial charge on any atom is 0.416 e. The third-order valence-electron chi connectivity index (χ3n) is 3.58. The molecule has 5 heteroatoms. The van der Waals surface area contributed by atoms with Crippen molar-refractivity contribution in [2.45, 2.75) is 58.0 Å². The van der Waals surface area contributed by atoms with Crippen molar-refractivity contribution in [1.29, 1.82) is 0 Å². The predicted octanol–water partition coefficient (Wildman–Crippen LogP) is 5.32. The van der Waals surface area contributed by atoms with E-state index in [2.05, 4.69) is 0 Å². The molecule has 2 nitrogen and oxygen atoms in total. The minimum absolute atomic E-state index is 0.00928. The number of esters is 1. The van der Waals surface area contributed by atoms with Gasteiger partial charge in [-0.2, -0.15) is 13.2 Å². The molecule has 124 valence electrons. The van der Waals surface area contributed by atoms with Gasteiger partial charge in [-0.05, 0) is 30.9 Å². The molecule has 0 aromatic heterocycles. The lowest BCUT2D eigenvalue weighted by Crippen LogP contribution is -2.16. The van der Waals surface area contributed by atoms with Gasteiger partial charge < -0.3 is 4.74 Å². The molecule has 0 fully saturated rings. The molecular weight excluding hydrogens is 293 g/mol. The van der Waals surface area contributed by atoms with E-state index in [0.717, 1.165) is 25.3 Å². The smallest absolute Gasteiger partial charge is 0.416 e. The van der Waals surface area contributed by atoms with E-state index in [4.69, 9.17) is 4.74 Å². The highest BCUT2D eigenvalue weighted by molar-refractivity contribution is 5.70. The van der Waals surface area contributed by atoms with Crippen molar-refractivity contribution in [1.82, 2.24) is 0 Å². The number of unbranched alkanes of at least 4 members (excludes halogenated alkanes) is 2. The van der Waals surface area contributed by atoms with Crippen molar-refractivity contribution in [2.24, 2.45) is 0 Å². The van der Waals surface area contributed by atoms with Crippen LogP contribution < -0.4 is 0 Å². The summed E-state index contributed by atoms with van der Waals surface area (Å²) in [4.78, 5) is 11.7. The maximum absolute atomic E-state index is 13.2. The van der Waals surface area contributed by atoms with E-state index in [1.54, 1.807) is 13.0 Å². The van der Waals surface area contributed by atoms with Crippen molar-refractivity contribution in [3.05, 3.63) is 35.4 Å². The fourth-order valence-corrected chi connectivity index (χ4v) is 2.54. The van der Waals surface area contributed by atoms with Crippen LogP contribution in [0.2, 0.25) is 0 Å². The molecule has 0 radical (unpaired) electrons. The molecular formula is C17H23F3O2. The van der Waals surface area contributed by atoms with Gasteiger partial charge in [0.2, 0.25) is 0 Å². The Labute approximate surface area is 129 Å². The van der Waals surface area contributed by atoms with Gasteiger partial charge in [0.05, 0.1) is 18.6 Å². The summed E-state index contributed by atoms with van der Waals surface area (Å²) in [5.74, 6) is -0.899. The van der Waals surface area contributed by atoms with Crippen molar-refractivity contribution in [2.75, 3.05) is 6.61 Å².